The van der Waals surface area contributed by atoms with Crippen molar-refractivity contribution in [3.63, 3.8) is 0 Å². The highest BCUT2D eigenvalue weighted by atomic mass is 15.3. The molecule has 0 N–H and O–H groups in total. The summed E-state index contributed by atoms with van der Waals surface area (Å²) in [5, 5.41) is 4.72. The van der Waals surface area contributed by atoms with Crippen molar-refractivity contribution in [2.45, 2.75) is 41.0 Å². The van der Waals surface area contributed by atoms with Crippen LogP contribution >= 0.6 is 0 Å². The van der Waals surface area contributed by atoms with E-state index in [2.05, 4.69) is 81.8 Å². The molecule has 2 aromatic carbocycles. The Morgan fingerprint density at radius 1 is 0.917 bits per heavy atom. The number of rotatable bonds is 3. The second kappa shape index (κ2) is 6.27. The summed E-state index contributed by atoms with van der Waals surface area (Å²) in [6.07, 6.45) is 2.99. The van der Waals surface area contributed by atoms with Crippen LogP contribution in [0, 0.1) is 19.3 Å². The summed E-state index contributed by atoms with van der Waals surface area (Å²) in [5.41, 5.74) is 7.67. The smallest absolute Gasteiger partial charge is 0.0649 e. The SMILES string of the molecule is Cc1cc(C)cc(-c2cnn(-c3ccccc3)c2CC(C)(C)C)c1. The Balaban J connectivity index is 2.18. The van der Waals surface area contributed by atoms with Crippen LogP contribution in [-0.4, -0.2) is 9.78 Å². The first kappa shape index (κ1) is 16.5. The molecule has 0 atom stereocenters. The molecule has 0 aliphatic rings. The van der Waals surface area contributed by atoms with Crippen molar-refractivity contribution in [2.24, 2.45) is 5.41 Å². The number of hydrogen-bond donors (Lipinski definition) is 0. The Bertz CT molecular complexity index is 816. The third kappa shape index (κ3) is 3.59. The fourth-order valence-corrected chi connectivity index (χ4v) is 3.21. The summed E-state index contributed by atoms with van der Waals surface area (Å²) < 4.78 is 2.10. The van der Waals surface area contributed by atoms with Crippen molar-refractivity contribution >= 4 is 0 Å². The molecule has 0 unspecified atom stereocenters. The molecule has 124 valence electrons. The average Bonchev–Trinajstić information content (AvgIpc) is 2.88. The van der Waals surface area contributed by atoms with Gasteiger partial charge in [-0.15, -0.1) is 0 Å². The van der Waals surface area contributed by atoms with Crippen LogP contribution in [0.1, 0.15) is 37.6 Å². The maximum absolute atomic E-state index is 4.72. The third-order valence-electron chi connectivity index (χ3n) is 4.10. The molecule has 2 nitrogen and oxygen atoms in total. The van der Waals surface area contributed by atoms with Gasteiger partial charge in [-0.1, -0.05) is 68.3 Å². The van der Waals surface area contributed by atoms with Crippen molar-refractivity contribution < 1.29 is 0 Å². The highest BCUT2D eigenvalue weighted by Gasteiger charge is 2.20. The second-order valence-electron chi connectivity index (χ2n) is 7.87. The minimum atomic E-state index is 0.195. The van der Waals surface area contributed by atoms with Crippen molar-refractivity contribution in [1.82, 2.24) is 9.78 Å². The lowest BCUT2D eigenvalue weighted by Gasteiger charge is -2.20. The van der Waals surface area contributed by atoms with Crippen molar-refractivity contribution in [2.75, 3.05) is 0 Å². The summed E-state index contributed by atoms with van der Waals surface area (Å²) in [6, 6.07) is 17.1. The monoisotopic (exact) mass is 318 g/mol. The molecule has 0 radical (unpaired) electrons. The maximum Gasteiger partial charge on any atom is 0.0649 e. The van der Waals surface area contributed by atoms with Crippen LogP contribution in [0.4, 0.5) is 0 Å². The van der Waals surface area contributed by atoms with Crippen LogP contribution in [0.15, 0.2) is 54.7 Å². The van der Waals surface area contributed by atoms with Gasteiger partial charge in [0.2, 0.25) is 0 Å². The molecule has 0 spiro atoms. The summed E-state index contributed by atoms with van der Waals surface area (Å²) in [4.78, 5) is 0. The lowest BCUT2D eigenvalue weighted by molar-refractivity contribution is 0.402. The van der Waals surface area contributed by atoms with E-state index in [0.29, 0.717) is 0 Å². The molecule has 0 saturated carbocycles. The van der Waals surface area contributed by atoms with Crippen molar-refractivity contribution in [3.8, 4) is 16.8 Å². The largest absolute Gasteiger partial charge is 0.237 e. The van der Waals surface area contributed by atoms with E-state index in [4.69, 9.17) is 5.10 Å². The van der Waals surface area contributed by atoms with E-state index >= 15 is 0 Å². The topological polar surface area (TPSA) is 17.8 Å². The normalized spacial score (nSPS) is 11.7. The molecule has 3 rings (SSSR count). The highest BCUT2D eigenvalue weighted by molar-refractivity contribution is 5.68. The Labute approximate surface area is 145 Å². The van der Waals surface area contributed by atoms with Gasteiger partial charge >= 0.3 is 0 Å². The second-order valence-corrected chi connectivity index (χ2v) is 7.87. The number of hydrogen-bond acceptors (Lipinski definition) is 1. The zero-order chi connectivity index (χ0) is 17.3. The molecular weight excluding hydrogens is 292 g/mol. The fraction of sp³-hybridized carbons (Fsp3) is 0.318. The number of para-hydroxylation sites is 1. The zero-order valence-corrected chi connectivity index (χ0v) is 15.3. The van der Waals surface area contributed by atoms with E-state index in [-0.39, 0.29) is 5.41 Å². The number of benzene rings is 2. The standard InChI is InChI=1S/C22H26N2/c1-16-11-17(2)13-18(12-16)20-15-23-24(19-9-7-6-8-10-19)21(20)14-22(3,4)5/h6-13,15H,14H2,1-5H3. The van der Waals surface area contributed by atoms with Crippen LogP contribution in [0.3, 0.4) is 0 Å². The molecule has 1 heterocycles. The van der Waals surface area contributed by atoms with Gasteiger partial charge in [0.25, 0.3) is 0 Å². The van der Waals surface area contributed by atoms with Crippen molar-refractivity contribution in [3.05, 3.63) is 71.5 Å². The molecule has 0 fully saturated rings. The van der Waals surface area contributed by atoms with Gasteiger partial charge in [-0.3, -0.25) is 0 Å². The molecule has 3 aromatic rings. The quantitative estimate of drug-likeness (QED) is 0.601. The predicted molar refractivity (Wildman–Crippen MR) is 102 cm³/mol. The molecule has 0 aliphatic carbocycles. The van der Waals surface area contributed by atoms with Gasteiger partial charge in [-0.2, -0.15) is 5.10 Å². The lowest BCUT2D eigenvalue weighted by Crippen LogP contribution is -2.14. The fourth-order valence-electron chi connectivity index (χ4n) is 3.21. The molecule has 0 amide bonds. The third-order valence-corrected chi connectivity index (χ3v) is 4.10. The molecule has 2 heteroatoms. The number of aryl methyl sites for hydroxylation is 2. The summed E-state index contributed by atoms with van der Waals surface area (Å²) in [7, 11) is 0. The van der Waals surface area contributed by atoms with Gasteiger partial charge in [-0.05, 0) is 43.4 Å². The molecule has 0 bridgehead atoms. The molecule has 1 aromatic heterocycles. The first-order chi connectivity index (χ1) is 11.3. The summed E-state index contributed by atoms with van der Waals surface area (Å²) in [6.45, 7) is 11.1. The number of nitrogens with zero attached hydrogens (tertiary/aromatic N) is 2. The van der Waals surface area contributed by atoms with Gasteiger partial charge in [0.15, 0.2) is 0 Å². The summed E-state index contributed by atoms with van der Waals surface area (Å²) in [5.74, 6) is 0. The Morgan fingerprint density at radius 3 is 2.12 bits per heavy atom. The number of aromatic nitrogens is 2. The van der Waals surface area contributed by atoms with Gasteiger partial charge in [0, 0.05) is 5.56 Å². The van der Waals surface area contributed by atoms with Gasteiger partial charge in [0.05, 0.1) is 17.6 Å². The molecular formula is C22H26N2. The first-order valence-electron chi connectivity index (χ1n) is 8.54. The van der Waals surface area contributed by atoms with Crippen LogP contribution in [0.2, 0.25) is 0 Å². The van der Waals surface area contributed by atoms with E-state index in [1.807, 2.05) is 12.3 Å². The van der Waals surface area contributed by atoms with E-state index < -0.39 is 0 Å². The maximum atomic E-state index is 4.72. The molecule has 0 aliphatic heterocycles. The van der Waals surface area contributed by atoms with Gasteiger partial charge < -0.3 is 0 Å². The van der Waals surface area contributed by atoms with Gasteiger partial charge in [0.1, 0.15) is 0 Å². The lowest BCUT2D eigenvalue weighted by atomic mass is 9.87. The minimum absolute atomic E-state index is 0.195. The van der Waals surface area contributed by atoms with Crippen LogP contribution in [-0.2, 0) is 6.42 Å². The molecule has 0 saturated heterocycles. The Morgan fingerprint density at radius 2 is 1.54 bits per heavy atom. The first-order valence-corrected chi connectivity index (χ1v) is 8.54. The zero-order valence-electron chi connectivity index (χ0n) is 15.3. The van der Waals surface area contributed by atoms with Crippen molar-refractivity contribution in [1.29, 1.82) is 0 Å². The average molecular weight is 318 g/mol. The Hall–Kier alpha value is -2.35. The Kier molecular flexibility index (Phi) is 4.31. The van der Waals surface area contributed by atoms with E-state index in [1.54, 1.807) is 0 Å². The minimum Gasteiger partial charge on any atom is -0.237 e. The highest BCUT2D eigenvalue weighted by Crippen LogP contribution is 2.32. The van der Waals surface area contributed by atoms with E-state index in [0.717, 1.165) is 12.1 Å². The summed E-state index contributed by atoms with van der Waals surface area (Å²) >= 11 is 0. The predicted octanol–water partition coefficient (Wildman–Crippen LogP) is 5.74. The van der Waals surface area contributed by atoms with Crippen LogP contribution in [0.5, 0.6) is 0 Å². The van der Waals surface area contributed by atoms with E-state index in [9.17, 15) is 0 Å². The van der Waals surface area contributed by atoms with Crippen LogP contribution < -0.4 is 0 Å². The van der Waals surface area contributed by atoms with Crippen LogP contribution in [0.25, 0.3) is 16.8 Å². The van der Waals surface area contributed by atoms with Gasteiger partial charge in [-0.25, -0.2) is 4.68 Å². The molecule has 24 heavy (non-hydrogen) atoms. The van der Waals surface area contributed by atoms with E-state index in [1.165, 1.54) is 27.9 Å².